The quantitative estimate of drug-likeness (QED) is 0.164. The molecule has 270 valence electrons. The lowest BCUT2D eigenvalue weighted by Gasteiger charge is -2.13. The molecule has 0 radical (unpaired) electrons. The zero-order chi connectivity index (χ0) is 38.2. The fourth-order valence-corrected chi connectivity index (χ4v) is 9.60. The summed E-state index contributed by atoms with van der Waals surface area (Å²) in [5.74, 6) is 0.695. The number of hydrogen-bond donors (Lipinski definition) is 0. The molecule has 0 unspecified atom stereocenters. The van der Waals surface area contributed by atoms with E-state index < -0.39 is 0 Å². The van der Waals surface area contributed by atoms with Crippen molar-refractivity contribution in [2.75, 3.05) is 0 Å². The third kappa shape index (κ3) is 5.32. The number of aromatic nitrogens is 3. The summed E-state index contributed by atoms with van der Waals surface area (Å²) >= 11 is 1.85. The van der Waals surface area contributed by atoms with Gasteiger partial charge in [0.1, 0.15) is 11.2 Å². The van der Waals surface area contributed by atoms with Gasteiger partial charge in [0.25, 0.3) is 0 Å². The Morgan fingerprint density at radius 2 is 0.983 bits per heavy atom. The SMILES string of the molecule is c1ccc(-c2cc(-c3ccc4oc5cc(-c6ccc7c(c6)nc(-c6ccccc6)c6ccc8sc9ccccc9c8c67)ccc5c4c3)nc(-c3ccccc3)n2)cc1. The van der Waals surface area contributed by atoms with Crippen molar-refractivity contribution in [1.82, 2.24) is 15.0 Å². The molecular formula is C53H31N3OS. The monoisotopic (exact) mass is 757 g/mol. The van der Waals surface area contributed by atoms with E-state index >= 15 is 0 Å². The summed E-state index contributed by atoms with van der Waals surface area (Å²) in [6.07, 6.45) is 0. The topological polar surface area (TPSA) is 51.8 Å². The maximum atomic E-state index is 6.55. The van der Waals surface area contributed by atoms with Crippen molar-refractivity contribution in [3.8, 4) is 56.3 Å². The van der Waals surface area contributed by atoms with Crippen LogP contribution >= 0.6 is 11.3 Å². The minimum Gasteiger partial charge on any atom is -0.456 e. The fraction of sp³-hybridized carbons (Fsp3) is 0. The van der Waals surface area contributed by atoms with Gasteiger partial charge in [-0.25, -0.2) is 15.0 Å². The summed E-state index contributed by atoms with van der Waals surface area (Å²) in [6, 6.07) is 65.9. The molecule has 4 nitrogen and oxygen atoms in total. The van der Waals surface area contributed by atoms with E-state index in [2.05, 4.69) is 152 Å². The molecule has 0 N–H and O–H groups in total. The Hall–Kier alpha value is -7.47. The molecule has 4 aromatic heterocycles. The van der Waals surface area contributed by atoms with E-state index in [9.17, 15) is 0 Å². The lowest BCUT2D eigenvalue weighted by molar-refractivity contribution is 0.669. The van der Waals surface area contributed by atoms with Crippen LogP contribution in [0.15, 0.2) is 192 Å². The summed E-state index contributed by atoms with van der Waals surface area (Å²) in [6.45, 7) is 0. The van der Waals surface area contributed by atoms with Crippen molar-refractivity contribution in [2.45, 2.75) is 0 Å². The van der Waals surface area contributed by atoms with Gasteiger partial charge < -0.3 is 4.42 Å². The Labute approximate surface area is 337 Å². The van der Waals surface area contributed by atoms with Gasteiger partial charge in [-0.05, 0) is 65.7 Å². The van der Waals surface area contributed by atoms with E-state index in [0.717, 1.165) is 83.3 Å². The summed E-state index contributed by atoms with van der Waals surface area (Å²) in [5.41, 5.74) is 11.7. The predicted molar refractivity (Wildman–Crippen MR) is 242 cm³/mol. The molecule has 0 aliphatic rings. The average molecular weight is 758 g/mol. The maximum Gasteiger partial charge on any atom is 0.160 e. The maximum absolute atomic E-state index is 6.55. The molecule has 0 bridgehead atoms. The molecule has 0 fully saturated rings. The highest BCUT2D eigenvalue weighted by Crippen LogP contribution is 2.44. The van der Waals surface area contributed by atoms with Gasteiger partial charge in [-0.1, -0.05) is 133 Å². The van der Waals surface area contributed by atoms with Gasteiger partial charge in [0.2, 0.25) is 0 Å². The number of furan rings is 1. The van der Waals surface area contributed by atoms with E-state index in [1.807, 2.05) is 47.7 Å². The van der Waals surface area contributed by atoms with E-state index in [0.29, 0.717) is 5.82 Å². The Balaban J connectivity index is 0.994. The minimum atomic E-state index is 0.695. The highest BCUT2D eigenvalue weighted by atomic mass is 32.1. The van der Waals surface area contributed by atoms with Crippen molar-refractivity contribution in [2.24, 2.45) is 0 Å². The Kier molecular flexibility index (Phi) is 7.37. The molecule has 0 saturated heterocycles. The van der Waals surface area contributed by atoms with Crippen LogP contribution in [0.4, 0.5) is 0 Å². The Bertz CT molecular complexity index is 3500. The van der Waals surface area contributed by atoms with Crippen LogP contribution in [0.1, 0.15) is 0 Å². The first-order valence-electron chi connectivity index (χ1n) is 19.4. The molecule has 0 amide bonds. The second-order valence-electron chi connectivity index (χ2n) is 14.7. The highest BCUT2D eigenvalue weighted by Gasteiger charge is 2.18. The summed E-state index contributed by atoms with van der Waals surface area (Å²) in [4.78, 5) is 15.4. The molecule has 12 aromatic rings. The number of fused-ring (bicyclic) bond motifs is 10. The number of pyridine rings is 1. The predicted octanol–water partition coefficient (Wildman–Crippen LogP) is 14.8. The average Bonchev–Trinajstić information content (AvgIpc) is 3.87. The van der Waals surface area contributed by atoms with Crippen molar-refractivity contribution in [1.29, 1.82) is 0 Å². The molecule has 12 rings (SSSR count). The summed E-state index contributed by atoms with van der Waals surface area (Å²) in [5, 5.41) is 8.27. The third-order valence-electron chi connectivity index (χ3n) is 11.3. The lowest BCUT2D eigenvalue weighted by Crippen LogP contribution is -1.95. The van der Waals surface area contributed by atoms with Gasteiger partial charge in [-0.2, -0.15) is 0 Å². The standard InChI is InChI=1S/C53H31N3OS/c1-4-12-32(13-5-1)43-31-44(56-53(55-43)34-16-8-3-9-17-34)37-22-26-46-42(28-37)38-23-20-36(30-47(38)57-46)35-21-24-39-45(29-35)54-52(33-14-6-2-7-15-33)41-25-27-49-51(50(39)41)40-18-10-11-19-48(40)58-49/h1-31H. The highest BCUT2D eigenvalue weighted by molar-refractivity contribution is 7.26. The van der Waals surface area contributed by atoms with Crippen LogP contribution in [0.2, 0.25) is 0 Å². The molecular weight excluding hydrogens is 727 g/mol. The zero-order valence-electron chi connectivity index (χ0n) is 31.1. The van der Waals surface area contributed by atoms with Gasteiger partial charge in [-0.3, -0.25) is 0 Å². The minimum absolute atomic E-state index is 0.695. The van der Waals surface area contributed by atoms with Crippen molar-refractivity contribution in [3.63, 3.8) is 0 Å². The molecule has 0 saturated carbocycles. The molecule has 0 aliphatic carbocycles. The van der Waals surface area contributed by atoms with Crippen LogP contribution in [-0.4, -0.2) is 15.0 Å². The first-order valence-corrected chi connectivity index (χ1v) is 20.2. The molecule has 0 spiro atoms. The Morgan fingerprint density at radius 1 is 0.345 bits per heavy atom. The van der Waals surface area contributed by atoms with E-state index in [1.54, 1.807) is 0 Å². The number of rotatable bonds is 5. The fourth-order valence-electron chi connectivity index (χ4n) is 8.49. The number of nitrogens with zero attached hydrogens (tertiary/aromatic N) is 3. The van der Waals surface area contributed by atoms with Crippen LogP contribution in [-0.2, 0) is 0 Å². The van der Waals surface area contributed by atoms with Crippen LogP contribution < -0.4 is 0 Å². The van der Waals surface area contributed by atoms with E-state index in [1.165, 1.54) is 30.9 Å². The van der Waals surface area contributed by atoms with Crippen LogP contribution in [0.3, 0.4) is 0 Å². The largest absolute Gasteiger partial charge is 0.456 e. The number of benzene rings is 8. The summed E-state index contributed by atoms with van der Waals surface area (Å²) < 4.78 is 9.13. The second kappa shape index (κ2) is 13.1. The van der Waals surface area contributed by atoms with Crippen LogP contribution in [0.5, 0.6) is 0 Å². The second-order valence-corrected chi connectivity index (χ2v) is 15.8. The molecule has 0 atom stereocenters. The molecule has 58 heavy (non-hydrogen) atoms. The van der Waals surface area contributed by atoms with Crippen molar-refractivity contribution in [3.05, 3.63) is 188 Å². The molecule has 4 heterocycles. The summed E-state index contributed by atoms with van der Waals surface area (Å²) in [7, 11) is 0. The first kappa shape index (κ1) is 32.7. The van der Waals surface area contributed by atoms with Gasteiger partial charge >= 0.3 is 0 Å². The third-order valence-corrected chi connectivity index (χ3v) is 12.4. The van der Waals surface area contributed by atoms with E-state index in [-0.39, 0.29) is 0 Å². The van der Waals surface area contributed by atoms with Gasteiger partial charge in [0, 0.05) is 69.4 Å². The van der Waals surface area contributed by atoms with Gasteiger partial charge in [0.15, 0.2) is 5.82 Å². The van der Waals surface area contributed by atoms with Crippen LogP contribution in [0, 0.1) is 0 Å². The van der Waals surface area contributed by atoms with Crippen molar-refractivity contribution < 1.29 is 4.42 Å². The molecule has 0 aliphatic heterocycles. The van der Waals surface area contributed by atoms with Crippen LogP contribution in [0.25, 0.3) is 120 Å². The number of thiophene rings is 1. The van der Waals surface area contributed by atoms with Gasteiger partial charge in [-0.15, -0.1) is 11.3 Å². The smallest absolute Gasteiger partial charge is 0.160 e. The van der Waals surface area contributed by atoms with Crippen molar-refractivity contribution >= 4 is 75.1 Å². The molecule has 8 aromatic carbocycles. The zero-order valence-corrected chi connectivity index (χ0v) is 31.9. The first-order chi connectivity index (χ1) is 28.7. The Morgan fingerprint density at radius 3 is 1.78 bits per heavy atom. The van der Waals surface area contributed by atoms with Gasteiger partial charge in [0.05, 0.1) is 22.6 Å². The number of hydrogen-bond acceptors (Lipinski definition) is 5. The lowest BCUT2D eigenvalue weighted by atomic mass is 9.94. The van der Waals surface area contributed by atoms with E-state index in [4.69, 9.17) is 19.4 Å². The molecule has 5 heteroatoms. The normalized spacial score (nSPS) is 11.8.